The highest BCUT2D eigenvalue weighted by atomic mass is 16.7. The van der Waals surface area contributed by atoms with Crippen LogP contribution in [0.1, 0.15) is 50.6 Å². The molecule has 0 radical (unpaired) electrons. The molecule has 1 aromatic rings. The number of rotatable bonds is 9. The normalized spacial score (nSPS) is 16.5. The lowest BCUT2D eigenvalue weighted by atomic mass is 10.1. The molecule has 3 heterocycles. The van der Waals surface area contributed by atoms with Crippen molar-refractivity contribution >= 4 is 35.6 Å². The van der Waals surface area contributed by atoms with Crippen LogP contribution in [0.4, 0.5) is 0 Å². The van der Waals surface area contributed by atoms with Gasteiger partial charge in [-0.05, 0) is 19.3 Å². The van der Waals surface area contributed by atoms with Crippen molar-refractivity contribution in [1.29, 1.82) is 0 Å². The van der Waals surface area contributed by atoms with Gasteiger partial charge in [-0.3, -0.25) is 19.2 Å². The minimum Gasteiger partial charge on any atom is -0.330 e. The third kappa shape index (κ3) is 5.24. The molecule has 13 nitrogen and oxygen atoms in total. The van der Waals surface area contributed by atoms with Crippen molar-refractivity contribution in [2.45, 2.75) is 57.9 Å². The molecule has 2 aliphatic heterocycles. The van der Waals surface area contributed by atoms with Crippen LogP contribution in [0.2, 0.25) is 0 Å². The standard InChI is InChI=1S/C17H19N5O8/c23-12-5-6-13(24)21(12)29-16(27)4-2-1-3-11-9-20(19-18-11)10-17(28)30-22-14(25)7-8-15(22)26/h9H,1-8,10H2. The summed E-state index contributed by atoms with van der Waals surface area (Å²) in [5.41, 5.74) is 0.564. The molecule has 13 heteroatoms. The van der Waals surface area contributed by atoms with E-state index in [4.69, 9.17) is 9.68 Å². The van der Waals surface area contributed by atoms with Gasteiger partial charge in [0.25, 0.3) is 23.6 Å². The Bertz CT molecular complexity index is 862. The number of hydrogen-bond acceptors (Lipinski definition) is 10. The summed E-state index contributed by atoms with van der Waals surface area (Å²) in [6.45, 7) is -0.325. The average Bonchev–Trinajstić information content (AvgIpc) is 3.37. The quantitative estimate of drug-likeness (QED) is 0.365. The molecule has 0 bridgehead atoms. The van der Waals surface area contributed by atoms with Crippen molar-refractivity contribution in [3.63, 3.8) is 0 Å². The molecule has 2 saturated heterocycles. The largest absolute Gasteiger partial charge is 0.354 e. The maximum atomic E-state index is 11.8. The highest BCUT2D eigenvalue weighted by Gasteiger charge is 2.33. The minimum absolute atomic E-state index is 0.0117. The van der Waals surface area contributed by atoms with Gasteiger partial charge in [0.2, 0.25) is 0 Å². The summed E-state index contributed by atoms with van der Waals surface area (Å²) in [5.74, 6) is -3.68. The van der Waals surface area contributed by atoms with Crippen molar-refractivity contribution in [1.82, 2.24) is 25.1 Å². The number of unbranched alkanes of at least 4 members (excludes halogenated alkanes) is 1. The van der Waals surface area contributed by atoms with E-state index in [1.54, 1.807) is 0 Å². The van der Waals surface area contributed by atoms with E-state index in [-0.39, 0.29) is 38.6 Å². The first-order valence-electron chi connectivity index (χ1n) is 9.35. The molecule has 0 aromatic carbocycles. The zero-order valence-corrected chi connectivity index (χ0v) is 15.9. The van der Waals surface area contributed by atoms with Crippen molar-refractivity contribution in [2.75, 3.05) is 0 Å². The Morgan fingerprint density at radius 1 is 0.833 bits per heavy atom. The molecule has 0 saturated carbocycles. The molecular weight excluding hydrogens is 402 g/mol. The maximum absolute atomic E-state index is 11.8. The van der Waals surface area contributed by atoms with Gasteiger partial charge in [-0.1, -0.05) is 5.21 Å². The number of hydroxylamine groups is 4. The highest BCUT2D eigenvalue weighted by molar-refractivity contribution is 6.02. The van der Waals surface area contributed by atoms with Crippen LogP contribution in [-0.4, -0.2) is 60.7 Å². The van der Waals surface area contributed by atoms with E-state index in [1.807, 2.05) is 0 Å². The zero-order valence-electron chi connectivity index (χ0n) is 15.9. The first-order valence-corrected chi connectivity index (χ1v) is 9.35. The summed E-state index contributed by atoms with van der Waals surface area (Å²) in [6, 6.07) is 0. The molecule has 3 rings (SSSR count). The molecule has 0 atom stereocenters. The van der Waals surface area contributed by atoms with Gasteiger partial charge in [0.1, 0.15) is 6.54 Å². The van der Waals surface area contributed by atoms with Crippen molar-refractivity contribution in [2.24, 2.45) is 0 Å². The number of nitrogens with zero attached hydrogens (tertiary/aromatic N) is 5. The average molecular weight is 421 g/mol. The molecule has 0 N–H and O–H groups in total. The third-order valence-corrected chi connectivity index (χ3v) is 4.34. The second-order valence-corrected chi connectivity index (χ2v) is 6.70. The number of hydrogen-bond donors (Lipinski definition) is 0. The summed E-state index contributed by atoms with van der Waals surface area (Å²) < 4.78 is 1.21. The molecule has 1 aromatic heterocycles. The third-order valence-electron chi connectivity index (χ3n) is 4.34. The van der Waals surface area contributed by atoms with Gasteiger partial charge in [-0.2, -0.15) is 0 Å². The predicted molar refractivity (Wildman–Crippen MR) is 91.9 cm³/mol. The van der Waals surface area contributed by atoms with Gasteiger partial charge < -0.3 is 9.68 Å². The lowest BCUT2D eigenvalue weighted by Gasteiger charge is -2.12. The Hall–Kier alpha value is -3.64. The fraction of sp³-hybridized carbons (Fsp3) is 0.529. The van der Waals surface area contributed by atoms with Gasteiger partial charge >= 0.3 is 11.9 Å². The Labute approximate surface area is 169 Å². The van der Waals surface area contributed by atoms with Gasteiger partial charge in [0, 0.05) is 38.3 Å². The zero-order chi connectivity index (χ0) is 21.7. The molecule has 0 spiro atoms. The van der Waals surface area contributed by atoms with Crippen LogP contribution in [0.3, 0.4) is 0 Å². The van der Waals surface area contributed by atoms with Gasteiger partial charge in [0.15, 0.2) is 0 Å². The number of carbonyl (C=O) groups excluding carboxylic acids is 6. The van der Waals surface area contributed by atoms with Crippen molar-refractivity contribution < 1.29 is 38.4 Å². The van der Waals surface area contributed by atoms with E-state index in [1.165, 1.54) is 10.9 Å². The molecule has 0 aliphatic carbocycles. The lowest BCUT2D eigenvalue weighted by Crippen LogP contribution is -2.33. The fourth-order valence-corrected chi connectivity index (χ4v) is 2.83. The molecular formula is C17H19N5O8. The first kappa shape index (κ1) is 21.1. The van der Waals surface area contributed by atoms with Crippen LogP contribution in [0.15, 0.2) is 6.20 Å². The summed E-state index contributed by atoms with van der Waals surface area (Å²) in [7, 11) is 0. The predicted octanol–water partition coefficient (Wildman–Crippen LogP) is -0.795. The topological polar surface area (TPSA) is 158 Å². The number of carbonyl (C=O) groups is 6. The summed E-state index contributed by atoms with van der Waals surface area (Å²) >= 11 is 0. The van der Waals surface area contributed by atoms with Crippen LogP contribution in [0, 0.1) is 0 Å². The Kier molecular flexibility index (Phi) is 6.49. The van der Waals surface area contributed by atoms with Crippen LogP contribution < -0.4 is 0 Å². The van der Waals surface area contributed by atoms with E-state index in [9.17, 15) is 28.8 Å². The Balaban J connectivity index is 1.35. The lowest BCUT2D eigenvalue weighted by molar-refractivity contribution is -0.198. The monoisotopic (exact) mass is 421 g/mol. The molecule has 160 valence electrons. The number of amides is 4. The second-order valence-electron chi connectivity index (χ2n) is 6.70. The van der Waals surface area contributed by atoms with Crippen LogP contribution in [0.25, 0.3) is 0 Å². The number of imide groups is 2. The molecule has 2 aliphatic rings. The van der Waals surface area contributed by atoms with Crippen LogP contribution >= 0.6 is 0 Å². The maximum Gasteiger partial charge on any atom is 0.354 e. The van der Waals surface area contributed by atoms with Crippen molar-refractivity contribution in [3.05, 3.63) is 11.9 Å². The summed E-state index contributed by atoms with van der Waals surface area (Å²) in [6.07, 6.45) is 3.09. The van der Waals surface area contributed by atoms with E-state index in [0.29, 0.717) is 35.1 Å². The van der Waals surface area contributed by atoms with Crippen LogP contribution in [-0.2, 0) is 51.4 Å². The van der Waals surface area contributed by atoms with Crippen molar-refractivity contribution in [3.8, 4) is 0 Å². The summed E-state index contributed by atoms with van der Waals surface area (Å²) in [5, 5.41) is 8.64. The van der Waals surface area contributed by atoms with Gasteiger partial charge in [0.05, 0.1) is 5.69 Å². The van der Waals surface area contributed by atoms with Gasteiger partial charge in [-0.15, -0.1) is 15.2 Å². The minimum atomic E-state index is -0.830. The SMILES string of the molecule is O=C(CCCCc1cn(CC(=O)ON2C(=O)CCC2=O)nn1)ON1C(=O)CCC1=O. The highest BCUT2D eigenvalue weighted by Crippen LogP contribution is 2.14. The number of aryl methyl sites for hydroxylation is 1. The van der Waals surface area contributed by atoms with Crippen LogP contribution in [0.5, 0.6) is 0 Å². The smallest absolute Gasteiger partial charge is 0.330 e. The van der Waals surface area contributed by atoms with E-state index < -0.39 is 35.6 Å². The first-order chi connectivity index (χ1) is 14.3. The fourth-order valence-electron chi connectivity index (χ4n) is 2.83. The molecule has 2 fully saturated rings. The molecule has 4 amide bonds. The molecule has 30 heavy (non-hydrogen) atoms. The molecule has 0 unspecified atom stereocenters. The van der Waals surface area contributed by atoms with Gasteiger partial charge in [-0.25, -0.2) is 14.3 Å². The Morgan fingerprint density at radius 3 is 1.93 bits per heavy atom. The second kappa shape index (κ2) is 9.24. The van der Waals surface area contributed by atoms with E-state index >= 15 is 0 Å². The van der Waals surface area contributed by atoms with E-state index in [0.717, 1.165) is 0 Å². The number of aromatic nitrogens is 3. The van der Waals surface area contributed by atoms with E-state index in [2.05, 4.69) is 10.3 Å². The summed E-state index contributed by atoms with van der Waals surface area (Å²) in [4.78, 5) is 78.7. The Morgan fingerprint density at radius 2 is 1.37 bits per heavy atom.